The number of hydrogen-bond acceptors (Lipinski definition) is 10. The van der Waals surface area contributed by atoms with Gasteiger partial charge in [-0.15, -0.1) is 13.2 Å². The number of Topliss-reactive ketones (excluding diaryl/α,β-unsaturated/α-hetero) is 1. The van der Waals surface area contributed by atoms with Crippen molar-refractivity contribution in [2.75, 3.05) is 61.9 Å². The largest absolute Gasteiger partial charge is 0.573 e. The predicted molar refractivity (Wildman–Crippen MR) is 141 cm³/mol. The van der Waals surface area contributed by atoms with E-state index in [4.69, 9.17) is 4.28 Å². The van der Waals surface area contributed by atoms with Crippen LogP contribution in [0.5, 0.6) is 5.75 Å². The Bertz CT molecular complexity index is 1020. The Kier molecular flexibility index (Phi) is 10.9. The standard InChI is InChI=1S/C24H29F3N4O4S2/c1-3-30-12-14-31(15-13-30)16-23(33)36-17-22(32)18-4-6-19(7-5-18)28-35-37-29(2)20-8-10-21(11-9-20)34-24(25,26)27/h4-11,28H,3,12-17H2,1-2H3. The van der Waals surface area contributed by atoms with Crippen molar-refractivity contribution in [1.82, 2.24) is 9.80 Å². The van der Waals surface area contributed by atoms with Gasteiger partial charge in [-0.05, 0) is 55.1 Å². The minimum Gasteiger partial charge on any atom is -0.406 e. The number of rotatable bonds is 12. The fourth-order valence-electron chi connectivity index (χ4n) is 3.47. The van der Waals surface area contributed by atoms with E-state index in [0.29, 0.717) is 23.5 Å². The number of carbonyl (C=O) groups excluding carboxylic acids is 2. The summed E-state index contributed by atoms with van der Waals surface area (Å²) < 4.78 is 47.6. The van der Waals surface area contributed by atoms with Crippen LogP contribution in [0.25, 0.3) is 0 Å². The highest BCUT2D eigenvalue weighted by Crippen LogP contribution is 2.27. The first kappa shape index (κ1) is 29.1. The molecule has 0 unspecified atom stereocenters. The van der Waals surface area contributed by atoms with Gasteiger partial charge < -0.3 is 9.64 Å². The van der Waals surface area contributed by atoms with E-state index in [2.05, 4.69) is 26.9 Å². The molecule has 13 heteroatoms. The summed E-state index contributed by atoms with van der Waals surface area (Å²) in [5, 5.41) is -0.00588. The number of halogens is 3. The molecule has 1 aliphatic heterocycles. The average molecular weight is 559 g/mol. The van der Waals surface area contributed by atoms with Crippen LogP contribution >= 0.6 is 24.0 Å². The molecule has 0 atom stereocenters. The van der Waals surface area contributed by atoms with Crippen LogP contribution in [0.2, 0.25) is 0 Å². The van der Waals surface area contributed by atoms with Gasteiger partial charge in [0.05, 0.1) is 18.0 Å². The van der Waals surface area contributed by atoms with E-state index >= 15 is 0 Å². The first-order chi connectivity index (χ1) is 17.6. The molecule has 37 heavy (non-hydrogen) atoms. The SMILES string of the molecule is CCN1CCN(CC(=O)SCC(=O)c2ccc(NOSN(C)c3ccc(OC(F)(F)F)cc3)cc2)CC1. The highest BCUT2D eigenvalue weighted by molar-refractivity contribution is 8.14. The van der Waals surface area contributed by atoms with Crippen LogP contribution in [0.4, 0.5) is 24.5 Å². The lowest BCUT2D eigenvalue weighted by Crippen LogP contribution is -2.47. The number of alkyl halides is 3. The fourth-order valence-corrected chi connectivity index (χ4v) is 4.65. The summed E-state index contributed by atoms with van der Waals surface area (Å²) in [6.07, 6.45) is -4.74. The molecule has 1 heterocycles. The molecule has 2 aromatic rings. The van der Waals surface area contributed by atoms with E-state index < -0.39 is 6.36 Å². The van der Waals surface area contributed by atoms with Crippen molar-refractivity contribution < 1.29 is 31.8 Å². The monoisotopic (exact) mass is 558 g/mol. The van der Waals surface area contributed by atoms with Crippen LogP contribution in [0, 0.1) is 0 Å². The van der Waals surface area contributed by atoms with Gasteiger partial charge in [-0.3, -0.25) is 24.3 Å². The van der Waals surface area contributed by atoms with Crippen molar-refractivity contribution in [2.45, 2.75) is 13.3 Å². The zero-order valence-electron chi connectivity index (χ0n) is 20.5. The average Bonchev–Trinajstić information content (AvgIpc) is 2.87. The van der Waals surface area contributed by atoms with E-state index in [9.17, 15) is 22.8 Å². The number of hydrogen-bond donors (Lipinski definition) is 1. The third kappa shape index (κ3) is 10.1. The zero-order valence-corrected chi connectivity index (χ0v) is 22.1. The van der Waals surface area contributed by atoms with Crippen LogP contribution in [-0.2, 0) is 9.08 Å². The molecule has 0 aliphatic carbocycles. The van der Waals surface area contributed by atoms with Gasteiger partial charge in [-0.25, -0.2) is 0 Å². The van der Waals surface area contributed by atoms with E-state index in [0.717, 1.165) is 56.7 Å². The minimum atomic E-state index is -4.74. The van der Waals surface area contributed by atoms with E-state index in [1.54, 1.807) is 35.6 Å². The number of nitrogens with zero attached hydrogens (tertiary/aromatic N) is 3. The van der Waals surface area contributed by atoms with Crippen LogP contribution in [0.1, 0.15) is 17.3 Å². The second-order valence-electron chi connectivity index (χ2n) is 8.17. The fraction of sp³-hybridized carbons (Fsp3) is 0.417. The summed E-state index contributed by atoms with van der Waals surface area (Å²) in [5.74, 6) is -0.352. The maximum atomic E-state index is 12.5. The molecule has 1 fully saturated rings. The van der Waals surface area contributed by atoms with Crippen molar-refractivity contribution in [3.8, 4) is 5.75 Å². The summed E-state index contributed by atoms with van der Waals surface area (Å²) in [4.78, 5) is 29.2. The zero-order chi connectivity index (χ0) is 26.8. The lowest BCUT2D eigenvalue weighted by atomic mass is 10.1. The topological polar surface area (TPSA) is 74.4 Å². The van der Waals surface area contributed by atoms with Crippen molar-refractivity contribution in [1.29, 1.82) is 0 Å². The Morgan fingerprint density at radius 1 is 1.00 bits per heavy atom. The van der Waals surface area contributed by atoms with E-state index in [1.165, 1.54) is 24.3 Å². The van der Waals surface area contributed by atoms with E-state index in [-0.39, 0.29) is 22.4 Å². The molecule has 0 amide bonds. The molecule has 0 bridgehead atoms. The molecule has 0 saturated carbocycles. The first-order valence-corrected chi connectivity index (χ1v) is 13.2. The number of piperazine rings is 1. The smallest absolute Gasteiger partial charge is 0.406 e. The molecule has 0 aromatic heterocycles. The maximum absolute atomic E-state index is 12.5. The molecule has 3 rings (SSSR count). The Hall–Kier alpha value is -2.45. The van der Waals surface area contributed by atoms with Gasteiger partial charge in [0.1, 0.15) is 18.0 Å². The quantitative estimate of drug-likeness (QED) is 0.171. The number of nitrogens with one attached hydrogen (secondary N) is 1. The first-order valence-electron chi connectivity index (χ1n) is 11.6. The summed E-state index contributed by atoms with van der Waals surface area (Å²) >= 11 is 1.97. The van der Waals surface area contributed by atoms with Gasteiger partial charge in [-0.1, -0.05) is 18.7 Å². The molecule has 8 nitrogen and oxygen atoms in total. The highest BCUT2D eigenvalue weighted by Gasteiger charge is 2.31. The van der Waals surface area contributed by atoms with Crippen molar-refractivity contribution in [3.05, 3.63) is 54.1 Å². The second-order valence-corrected chi connectivity index (χ2v) is 10.1. The number of benzene rings is 2. The number of ketones is 1. The van der Waals surface area contributed by atoms with Crippen molar-refractivity contribution in [3.63, 3.8) is 0 Å². The lowest BCUT2D eigenvalue weighted by Gasteiger charge is -2.33. The van der Waals surface area contributed by atoms with Crippen LogP contribution < -0.4 is 14.5 Å². The molecule has 1 saturated heterocycles. The van der Waals surface area contributed by atoms with Crippen LogP contribution in [0.15, 0.2) is 48.5 Å². The molecule has 0 spiro atoms. The van der Waals surface area contributed by atoms with E-state index in [1.807, 2.05) is 0 Å². The van der Waals surface area contributed by atoms with Gasteiger partial charge in [0.2, 0.25) is 5.12 Å². The molecular weight excluding hydrogens is 529 g/mol. The number of thioether (sulfide) groups is 1. The van der Waals surface area contributed by atoms with Crippen LogP contribution in [-0.4, -0.2) is 79.1 Å². The van der Waals surface area contributed by atoms with Crippen molar-refractivity contribution >= 4 is 46.3 Å². The van der Waals surface area contributed by atoms with Crippen molar-refractivity contribution in [2.24, 2.45) is 0 Å². The highest BCUT2D eigenvalue weighted by atomic mass is 32.2. The second kappa shape index (κ2) is 13.9. The third-order valence-corrected chi connectivity index (χ3v) is 7.03. The number of carbonyl (C=O) groups is 2. The molecule has 1 aliphatic rings. The molecule has 2 aromatic carbocycles. The summed E-state index contributed by atoms with van der Waals surface area (Å²) in [7, 11) is 1.68. The summed E-state index contributed by atoms with van der Waals surface area (Å²) in [6, 6.07) is 12.0. The molecular formula is C24H29F3N4O4S2. The third-order valence-electron chi connectivity index (χ3n) is 5.58. The summed E-state index contributed by atoms with van der Waals surface area (Å²) in [6.45, 7) is 7.14. The molecule has 202 valence electrons. The Labute approximate surface area is 222 Å². The van der Waals surface area contributed by atoms with Gasteiger partial charge in [0, 0.05) is 44.5 Å². The lowest BCUT2D eigenvalue weighted by molar-refractivity contribution is -0.274. The Morgan fingerprint density at radius 3 is 2.22 bits per heavy atom. The van der Waals surface area contributed by atoms with Gasteiger partial charge in [0.25, 0.3) is 0 Å². The van der Waals surface area contributed by atoms with Gasteiger partial charge in [0.15, 0.2) is 5.78 Å². The van der Waals surface area contributed by atoms with Gasteiger partial charge in [-0.2, -0.15) is 4.28 Å². The maximum Gasteiger partial charge on any atom is 0.573 e. The number of ether oxygens (including phenoxy) is 1. The molecule has 0 radical (unpaired) electrons. The Balaban J connectivity index is 1.36. The minimum absolute atomic E-state index is 0.00588. The van der Waals surface area contributed by atoms with Crippen LogP contribution in [0.3, 0.4) is 0 Å². The number of likely N-dealkylation sites (N-methyl/N-ethyl adjacent to an activating group) is 1. The molecule has 1 N–H and O–H groups in total. The Morgan fingerprint density at radius 2 is 1.62 bits per heavy atom. The summed E-state index contributed by atoms with van der Waals surface area (Å²) in [5.41, 5.74) is 4.41. The van der Waals surface area contributed by atoms with Gasteiger partial charge >= 0.3 is 6.36 Å². The normalized spacial score (nSPS) is 14.8. The number of anilines is 2. The predicted octanol–water partition coefficient (Wildman–Crippen LogP) is 4.71.